The van der Waals surface area contributed by atoms with Crippen LogP contribution < -0.4 is 5.43 Å². The molecule has 3 aromatic carbocycles. The van der Waals surface area contributed by atoms with E-state index in [1.807, 2.05) is 91.0 Å². The van der Waals surface area contributed by atoms with Crippen LogP contribution in [0.3, 0.4) is 0 Å². The summed E-state index contributed by atoms with van der Waals surface area (Å²) in [4.78, 5) is 12.5. The molecule has 0 fully saturated rings. The fraction of sp³-hybridized carbons (Fsp3) is 0.0435. The molecule has 4 rings (SSSR count). The van der Waals surface area contributed by atoms with Gasteiger partial charge in [-0.1, -0.05) is 101 Å². The number of carboxylic acids is 1. The highest BCUT2D eigenvalue weighted by Gasteiger charge is 2.37. The minimum atomic E-state index is -1.41. The molecule has 4 aromatic rings. The van der Waals surface area contributed by atoms with Crippen molar-refractivity contribution >= 4 is 11.7 Å². The number of hydrogen-bond donors (Lipinski definition) is 3. The molecule has 0 aliphatic heterocycles. The molecule has 3 N–H and O–H groups in total. The number of carboxylic acid groups (broad SMARTS) is 1. The van der Waals surface area contributed by atoms with Gasteiger partial charge in [0.05, 0.1) is 6.20 Å². The summed E-state index contributed by atoms with van der Waals surface area (Å²) in [6, 6.07) is 29.4. The Kier molecular flexibility index (Phi) is 5.44. The highest BCUT2D eigenvalue weighted by molar-refractivity contribution is 6.41. The fourth-order valence-electron chi connectivity index (χ4n) is 3.54. The predicted octanol–water partition coefficient (Wildman–Crippen LogP) is 3.08. The Morgan fingerprint density at radius 3 is 1.68 bits per heavy atom. The molecule has 154 valence electrons. The molecular weight excluding hydrogens is 394 g/mol. The Hall–Kier alpha value is -4.46. The van der Waals surface area contributed by atoms with Gasteiger partial charge in [-0.05, 0) is 16.7 Å². The monoisotopic (exact) mass is 413 g/mol. The van der Waals surface area contributed by atoms with Gasteiger partial charge >= 0.3 is 5.97 Å². The molecular formula is C23H19N5O3. The van der Waals surface area contributed by atoms with Crippen LogP contribution in [0.15, 0.2) is 102 Å². The number of nitrogens with one attached hydrogen (secondary N) is 1. The van der Waals surface area contributed by atoms with Gasteiger partial charge in [0.1, 0.15) is 11.2 Å². The average Bonchev–Trinajstić information content (AvgIpc) is 3.27. The standard InChI is InChI=1S/C23H19N5O3/c29-22(30)21(26-31)20-16-24-28(25-20)27-23(17-10-4-1-5-11-17,18-12-6-2-7-13-18)19-14-8-3-9-15-19/h1-16,27,31H,(H,29,30). The van der Waals surface area contributed by atoms with Crippen LogP contribution in [0.2, 0.25) is 0 Å². The molecule has 8 nitrogen and oxygen atoms in total. The SMILES string of the molecule is O=C(O)C(=NO)c1cnn(NC(c2ccccc2)(c2ccccc2)c2ccccc2)n1. The van der Waals surface area contributed by atoms with Gasteiger partial charge in [0.25, 0.3) is 0 Å². The number of hydrogen-bond acceptors (Lipinski definition) is 6. The lowest BCUT2D eigenvalue weighted by Gasteiger charge is -2.36. The smallest absolute Gasteiger partial charge is 0.360 e. The molecule has 0 spiro atoms. The van der Waals surface area contributed by atoms with Crippen molar-refractivity contribution in [2.45, 2.75) is 5.54 Å². The van der Waals surface area contributed by atoms with Crippen molar-refractivity contribution in [3.8, 4) is 0 Å². The highest BCUT2D eigenvalue weighted by atomic mass is 16.4. The number of carbonyl (C=O) groups is 1. The molecule has 8 heteroatoms. The van der Waals surface area contributed by atoms with Crippen molar-refractivity contribution in [2.75, 3.05) is 5.43 Å². The number of oxime groups is 1. The van der Waals surface area contributed by atoms with Crippen LogP contribution in [0.1, 0.15) is 22.4 Å². The third-order valence-electron chi connectivity index (χ3n) is 4.93. The summed E-state index contributed by atoms with van der Waals surface area (Å²) >= 11 is 0. The summed E-state index contributed by atoms with van der Waals surface area (Å²) in [6.45, 7) is 0. The van der Waals surface area contributed by atoms with Crippen molar-refractivity contribution in [2.24, 2.45) is 5.16 Å². The summed E-state index contributed by atoms with van der Waals surface area (Å²) in [7, 11) is 0. The van der Waals surface area contributed by atoms with Gasteiger partial charge in [0.2, 0.25) is 5.71 Å². The minimum Gasteiger partial charge on any atom is -0.476 e. The lowest BCUT2D eigenvalue weighted by atomic mass is 9.77. The molecule has 0 amide bonds. The Bertz CT molecular complexity index is 1090. The first-order valence-corrected chi connectivity index (χ1v) is 9.48. The Morgan fingerprint density at radius 1 is 0.839 bits per heavy atom. The van der Waals surface area contributed by atoms with Crippen LogP contribution in [0, 0.1) is 0 Å². The van der Waals surface area contributed by atoms with Crippen LogP contribution in [-0.4, -0.2) is 37.1 Å². The van der Waals surface area contributed by atoms with E-state index in [1.165, 1.54) is 11.1 Å². The van der Waals surface area contributed by atoms with Crippen molar-refractivity contribution < 1.29 is 15.1 Å². The van der Waals surface area contributed by atoms with E-state index < -0.39 is 17.2 Å². The molecule has 0 saturated heterocycles. The van der Waals surface area contributed by atoms with Crippen LogP contribution in [0.5, 0.6) is 0 Å². The molecule has 1 heterocycles. The third-order valence-corrected chi connectivity index (χ3v) is 4.93. The van der Waals surface area contributed by atoms with Crippen molar-refractivity contribution in [1.82, 2.24) is 15.1 Å². The predicted molar refractivity (Wildman–Crippen MR) is 115 cm³/mol. The largest absolute Gasteiger partial charge is 0.476 e. The molecule has 31 heavy (non-hydrogen) atoms. The second-order valence-corrected chi connectivity index (χ2v) is 6.73. The molecule has 0 aliphatic rings. The van der Waals surface area contributed by atoms with Crippen LogP contribution in [0.4, 0.5) is 0 Å². The zero-order valence-electron chi connectivity index (χ0n) is 16.3. The maximum absolute atomic E-state index is 11.3. The topological polar surface area (TPSA) is 113 Å². The molecule has 0 atom stereocenters. The summed E-state index contributed by atoms with van der Waals surface area (Å²) in [5.74, 6) is -1.41. The number of nitrogens with zero attached hydrogens (tertiary/aromatic N) is 4. The minimum absolute atomic E-state index is 0.0782. The van der Waals surface area contributed by atoms with Gasteiger partial charge < -0.3 is 10.3 Å². The van der Waals surface area contributed by atoms with Gasteiger partial charge in [-0.3, -0.25) is 5.43 Å². The van der Waals surface area contributed by atoms with Gasteiger partial charge in [-0.2, -0.15) is 0 Å². The molecule has 0 bridgehead atoms. The maximum Gasteiger partial charge on any atom is 0.360 e. The average molecular weight is 413 g/mol. The van der Waals surface area contributed by atoms with E-state index in [-0.39, 0.29) is 5.69 Å². The van der Waals surface area contributed by atoms with E-state index in [4.69, 9.17) is 5.21 Å². The molecule has 0 aliphatic carbocycles. The molecule has 1 aromatic heterocycles. The lowest BCUT2D eigenvalue weighted by Crippen LogP contribution is -2.44. The second kappa shape index (κ2) is 8.50. The van der Waals surface area contributed by atoms with E-state index in [0.29, 0.717) is 0 Å². The summed E-state index contributed by atoms with van der Waals surface area (Å²) in [5, 5.41) is 29.4. The first-order valence-electron chi connectivity index (χ1n) is 9.48. The van der Waals surface area contributed by atoms with Crippen molar-refractivity contribution in [3.05, 3.63) is 120 Å². The highest BCUT2D eigenvalue weighted by Crippen LogP contribution is 2.37. The number of benzene rings is 3. The summed E-state index contributed by atoms with van der Waals surface area (Å²) in [6.07, 6.45) is 1.22. The van der Waals surface area contributed by atoms with Crippen molar-refractivity contribution in [1.29, 1.82) is 0 Å². The molecule has 0 unspecified atom stereocenters. The van der Waals surface area contributed by atoms with Crippen LogP contribution in [0.25, 0.3) is 0 Å². The zero-order chi connectivity index (χ0) is 21.7. The van der Waals surface area contributed by atoms with Crippen LogP contribution >= 0.6 is 0 Å². The third kappa shape index (κ3) is 3.74. The molecule has 0 saturated carbocycles. The van der Waals surface area contributed by atoms with Gasteiger partial charge in [-0.25, -0.2) is 4.79 Å². The van der Waals surface area contributed by atoms with Crippen molar-refractivity contribution in [3.63, 3.8) is 0 Å². The van der Waals surface area contributed by atoms with E-state index in [9.17, 15) is 9.90 Å². The van der Waals surface area contributed by atoms with Gasteiger partial charge in [-0.15, -0.1) is 10.2 Å². The first-order chi connectivity index (χ1) is 15.1. The maximum atomic E-state index is 11.3. The van der Waals surface area contributed by atoms with E-state index >= 15 is 0 Å². The van der Waals surface area contributed by atoms with E-state index in [2.05, 4.69) is 20.8 Å². The Labute approximate surface area is 178 Å². The van der Waals surface area contributed by atoms with Gasteiger partial charge in [0.15, 0.2) is 0 Å². The fourth-order valence-corrected chi connectivity index (χ4v) is 3.54. The van der Waals surface area contributed by atoms with E-state index in [1.54, 1.807) is 0 Å². The number of aromatic nitrogens is 3. The number of aliphatic carboxylic acids is 1. The Balaban J connectivity index is 1.91. The lowest BCUT2D eigenvalue weighted by molar-refractivity contribution is -0.129. The van der Waals surface area contributed by atoms with Crippen LogP contribution in [-0.2, 0) is 10.3 Å². The Morgan fingerprint density at radius 2 is 1.29 bits per heavy atom. The first kappa shape index (κ1) is 19.8. The normalized spacial score (nSPS) is 11.8. The zero-order valence-corrected chi connectivity index (χ0v) is 16.3. The summed E-state index contributed by atoms with van der Waals surface area (Å²) < 4.78 is 0. The molecule has 0 radical (unpaired) electrons. The van der Waals surface area contributed by atoms with Gasteiger partial charge in [0, 0.05) is 0 Å². The summed E-state index contributed by atoms with van der Waals surface area (Å²) in [5.41, 5.74) is 4.57. The number of rotatable bonds is 7. The van der Waals surface area contributed by atoms with E-state index in [0.717, 1.165) is 16.7 Å². The second-order valence-electron chi connectivity index (χ2n) is 6.73. The quantitative estimate of drug-likeness (QED) is 0.186.